The maximum Gasteiger partial charge on any atom is 0.257 e. The normalized spacial score (nSPS) is 14.8. The molecule has 0 radical (unpaired) electrons. The Balaban J connectivity index is 1.93. The minimum Gasteiger partial charge on any atom is -0.490 e. The van der Waals surface area contributed by atoms with Gasteiger partial charge in [-0.05, 0) is 59.2 Å². The summed E-state index contributed by atoms with van der Waals surface area (Å²) in [6.45, 7) is 2.79. The highest BCUT2D eigenvalue weighted by Gasteiger charge is 2.16. The van der Waals surface area contributed by atoms with Gasteiger partial charge < -0.3 is 14.4 Å². The third-order valence-electron chi connectivity index (χ3n) is 3.85. The van der Waals surface area contributed by atoms with Gasteiger partial charge in [0.15, 0.2) is 5.11 Å². The molecule has 0 atom stereocenters. The first-order chi connectivity index (χ1) is 11.6. The molecule has 5 nitrogen and oxygen atoms in total. The number of nitrogens with zero attached hydrogens (tertiary/aromatic N) is 1. The minimum absolute atomic E-state index is 0.201. The fourth-order valence-corrected chi connectivity index (χ4v) is 3.28. The molecule has 1 aliphatic heterocycles. The maximum absolute atomic E-state index is 12.4. The summed E-state index contributed by atoms with van der Waals surface area (Å²) < 4.78 is 11.2. The Labute approximate surface area is 156 Å². The lowest BCUT2D eigenvalue weighted by molar-refractivity contribution is 0.0973. The van der Waals surface area contributed by atoms with Crippen molar-refractivity contribution in [1.82, 2.24) is 10.2 Å². The van der Waals surface area contributed by atoms with Crippen molar-refractivity contribution in [2.45, 2.75) is 25.7 Å². The van der Waals surface area contributed by atoms with Crippen molar-refractivity contribution in [2.75, 3.05) is 33.4 Å². The van der Waals surface area contributed by atoms with E-state index in [9.17, 15) is 4.79 Å². The first-order valence-corrected chi connectivity index (χ1v) is 9.33. The van der Waals surface area contributed by atoms with E-state index in [2.05, 4.69) is 26.1 Å². The molecule has 1 aliphatic rings. The van der Waals surface area contributed by atoms with E-state index in [-0.39, 0.29) is 5.91 Å². The van der Waals surface area contributed by atoms with Gasteiger partial charge in [-0.25, -0.2) is 0 Å². The number of thiocarbonyl (C=S) groups is 1. The summed E-state index contributed by atoms with van der Waals surface area (Å²) in [7, 11) is 1.62. The summed E-state index contributed by atoms with van der Waals surface area (Å²) in [5, 5.41) is 3.34. The van der Waals surface area contributed by atoms with Crippen LogP contribution in [0.5, 0.6) is 5.75 Å². The first kappa shape index (κ1) is 19.1. The quantitative estimate of drug-likeness (QED) is 0.591. The second kappa shape index (κ2) is 9.96. The van der Waals surface area contributed by atoms with Crippen LogP contribution in [0.15, 0.2) is 22.7 Å². The predicted octanol–water partition coefficient (Wildman–Crippen LogP) is 3.37. The smallest absolute Gasteiger partial charge is 0.257 e. The molecule has 0 bridgehead atoms. The van der Waals surface area contributed by atoms with Crippen LogP contribution in [0.3, 0.4) is 0 Å². The predicted molar refractivity (Wildman–Crippen MR) is 102 cm³/mol. The maximum atomic E-state index is 12.4. The third-order valence-corrected chi connectivity index (χ3v) is 4.83. The fraction of sp³-hybridized carbons (Fsp3) is 0.529. The largest absolute Gasteiger partial charge is 0.490 e. The van der Waals surface area contributed by atoms with Crippen molar-refractivity contribution in [3.8, 4) is 5.75 Å². The number of hydrogen-bond donors (Lipinski definition) is 1. The number of carbonyl (C=O) groups is 1. The van der Waals surface area contributed by atoms with Crippen LogP contribution in [0.2, 0.25) is 0 Å². The van der Waals surface area contributed by atoms with Gasteiger partial charge in [0.25, 0.3) is 5.91 Å². The van der Waals surface area contributed by atoms with Crippen molar-refractivity contribution >= 4 is 39.2 Å². The van der Waals surface area contributed by atoms with Gasteiger partial charge in [0.1, 0.15) is 12.4 Å². The molecule has 1 aromatic carbocycles. The van der Waals surface area contributed by atoms with Crippen LogP contribution < -0.4 is 10.1 Å². The van der Waals surface area contributed by atoms with Gasteiger partial charge in [-0.2, -0.15) is 0 Å². The second-order valence-electron chi connectivity index (χ2n) is 5.65. The average Bonchev–Trinajstić information content (AvgIpc) is 2.85. The number of hydrogen-bond acceptors (Lipinski definition) is 4. The highest BCUT2D eigenvalue weighted by molar-refractivity contribution is 9.10. The van der Waals surface area contributed by atoms with Crippen LogP contribution in [0.25, 0.3) is 0 Å². The van der Waals surface area contributed by atoms with Crippen LogP contribution in [0.1, 0.15) is 36.0 Å². The van der Waals surface area contributed by atoms with Crippen molar-refractivity contribution in [1.29, 1.82) is 0 Å². The standard InChI is InChI=1S/C17H23BrN2O3S/c1-22-10-11-23-15-7-6-13(12-14(15)18)16(21)19-17(24)20-8-4-2-3-5-9-20/h6-7,12H,2-5,8-11H2,1H3,(H,19,21,24). The van der Waals surface area contributed by atoms with Crippen LogP contribution in [0, 0.1) is 0 Å². The van der Waals surface area contributed by atoms with Gasteiger partial charge in [-0.15, -0.1) is 0 Å². The second-order valence-corrected chi connectivity index (χ2v) is 6.89. The molecule has 0 unspecified atom stereocenters. The van der Waals surface area contributed by atoms with E-state index in [0.717, 1.165) is 30.4 Å². The molecule has 24 heavy (non-hydrogen) atoms. The number of halogens is 1. The average molecular weight is 415 g/mol. The van der Waals surface area contributed by atoms with E-state index in [0.29, 0.717) is 29.6 Å². The number of carbonyl (C=O) groups excluding carboxylic acids is 1. The van der Waals surface area contributed by atoms with Gasteiger partial charge in [-0.3, -0.25) is 10.1 Å². The summed E-state index contributed by atoms with van der Waals surface area (Å²) in [6, 6.07) is 5.24. The summed E-state index contributed by atoms with van der Waals surface area (Å²) in [5.41, 5.74) is 0.540. The molecule has 0 spiro atoms. The lowest BCUT2D eigenvalue weighted by Crippen LogP contribution is -2.43. The molecule has 1 N–H and O–H groups in total. The Morgan fingerprint density at radius 1 is 1.25 bits per heavy atom. The zero-order valence-corrected chi connectivity index (χ0v) is 16.2. The number of methoxy groups -OCH3 is 1. The zero-order valence-electron chi connectivity index (χ0n) is 13.8. The molecule has 2 rings (SSSR count). The van der Waals surface area contributed by atoms with E-state index in [1.807, 2.05) is 0 Å². The summed E-state index contributed by atoms with van der Waals surface area (Å²) in [6.07, 6.45) is 4.69. The Morgan fingerprint density at radius 2 is 1.96 bits per heavy atom. The Kier molecular flexibility index (Phi) is 7.94. The molecule has 1 amide bonds. The Morgan fingerprint density at radius 3 is 2.58 bits per heavy atom. The third kappa shape index (κ3) is 5.72. The number of benzene rings is 1. The van der Waals surface area contributed by atoms with Gasteiger partial charge >= 0.3 is 0 Å². The SMILES string of the molecule is COCCOc1ccc(C(=O)NC(=S)N2CCCCCC2)cc1Br. The molecular weight excluding hydrogens is 392 g/mol. The molecule has 1 aromatic rings. The molecule has 0 aliphatic carbocycles. The number of nitrogens with one attached hydrogen (secondary N) is 1. The van der Waals surface area contributed by atoms with Gasteiger partial charge in [0, 0.05) is 25.8 Å². The fourth-order valence-electron chi connectivity index (χ4n) is 2.52. The summed E-state index contributed by atoms with van der Waals surface area (Å²) in [5.74, 6) is 0.479. The molecule has 0 aromatic heterocycles. The van der Waals surface area contributed by atoms with E-state index in [1.54, 1.807) is 25.3 Å². The number of amides is 1. The van der Waals surface area contributed by atoms with Crippen LogP contribution in [-0.2, 0) is 4.74 Å². The van der Waals surface area contributed by atoms with Gasteiger partial charge in [0.2, 0.25) is 0 Å². The highest BCUT2D eigenvalue weighted by Crippen LogP contribution is 2.26. The van der Waals surface area contributed by atoms with E-state index in [4.69, 9.17) is 21.7 Å². The van der Waals surface area contributed by atoms with Crippen molar-refractivity contribution < 1.29 is 14.3 Å². The van der Waals surface area contributed by atoms with Crippen LogP contribution in [-0.4, -0.2) is 49.3 Å². The molecule has 1 heterocycles. The molecule has 1 saturated heterocycles. The Hall–Kier alpha value is -1.18. The summed E-state index contributed by atoms with van der Waals surface area (Å²) >= 11 is 8.81. The Bertz CT molecular complexity index is 575. The number of rotatable bonds is 5. The molecular formula is C17H23BrN2O3S. The minimum atomic E-state index is -0.201. The summed E-state index contributed by atoms with van der Waals surface area (Å²) in [4.78, 5) is 14.5. The lowest BCUT2D eigenvalue weighted by atomic mass is 10.2. The van der Waals surface area contributed by atoms with Crippen LogP contribution in [0.4, 0.5) is 0 Å². The van der Waals surface area contributed by atoms with Gasteiger partial charge in [0.05, 0.1) is 11.1 Å². The number of ether oxygens (including phenoxy) is 2. The van der Waals surface area contributed by atoms with E-state index in [1.165, 1.54) is 12.8 Å². The van der Waals surface area contributed by atoms with Crippen molar-refractivity contribution in [3.05, 3.63) is 28.2 Å². The number of likely N-dealkylation sites (tertiary alicyclic amines) is 1. The van der Waals surface area contributed by atoms with Crippen molar-refractivity contribution in [2.24, 2.45) is 0 Å². The zero-order chi connectivity index (χ0) is 17.4. The lowest BCUT2D eigenvalue weighted by Gasteiger charge is -2.23. The van der Waals surface area contributed by atoms with Crippen molar-refractivity contribution in [3.63, 3.8) is 0 Å². The monoisotopic (exact) mass is 414 g/mol. The van der Waals surface area contributed by atoms with Crippen LogP contribution >= 0.6 is 28.1 Å². The molecule has 1 fully saturated rings. The molecule has 0 saturated carbocycles. The molecule has 7 heteroatoms. The van der Waals surface area contributed by atoms with Gasteiger partial charge in [-0.1, -0.05) is 12.8 Å². The first-order valence-electron chi connectivity index (χ1n) is 8.13. The highest BCUT2D eigenvalue weighted by atomic mass is 79.9. The molecule has 132 valence electrons. The van der Waals surface area contributed by atoms with E-state index >= 15 is 0 Å². The van der Waals surface area contributed by atoms with E-state index < -0.39 is 0 Å². The topological polar surface area (TPSA) is 50.8 Å².